The Kier molecular flexibility index (Phi) is 4.12. The number of para-hydroxylation sites is 1. The van der Waals surface area contributed by atoms with Crippen LogP contribution in [0.2, 0.25) is 5.02 Å². The minimum atomic E-state index is -0.225. The van der Waals surface area contributed by atoms with Gasteiger partial charge in [0.1, 0.15) is 6.54 Å². The minimum absolute atomic E-state index is 0.0167. The van der Waals surface area contributed by atoms with Crippen molar-refractivity contribution in [1.29, 1.82) is 0 Å². The molecule has 0 radical (unpaired) electrons. The van der Waals surface area contributed by atoms with Gasteiger partial charge >= 0.3 is 0 Å². The lowest BCUT2D eigenvalue weighted by Crippen LogP contribution is -2.22. The molecule has 0 fully saturated rings. The largest absolute Gasteiger partial charge is 0.324 e. The molecule has 0 atom stereocenters. The number of hydrogen-bond donors (Lipinski definition) is 1. The molecule has 2 aromatic carbocycles. The van der Waals surface area contributed by atoms with Crippen molar-refractivity contribution >= 4 is 34.1 Å². The molecule has 0 aliphatic heterocycles. The molecule has 1 aromatic heterocycles. The molecule has 23 heavy (non-hydrogen) atoms. The molecule has 0 saturated heterocycles. The highest BCUT2D eigenvalue weighted by Crippen LogP contribution is 2.19. The van der Waals surface area contributed by atoms with E-state index < -0.39 is 0 Å². The highest BCUT2D eigenvalue weighted by atomic mass is 35.5. The Morgan fingerprint density at radius 3 is 2.83 bits per heavy atom. The maximum atomic E-state index is 12.3. The first kappa shape index (κ1) is 15.2. The van der Waals surface area contributed by atoms with Crippen molar-refractivity contribution in [3.8, 4) is 0 Å². The van der Waals surface area contributed by atoms with Gasteiger partial charge in [0, 0.05) is 16.1 Å². The third-order valence-electron chi connectivity index (χ3n) is 3.52. The molecule has 116 valence electrons. The lowest BCUT2D eigenvalue weighted by molar-refractivity contribution is -0.116. The van der Waals surface area contributed by atoms with Crippen LogP contribution in [0.1, 0.15) is 5.56 Å². The number of benzene rings is 2. The summed E-state index contributed by atoms with van der Waals surface area (Å²) in [6.45, 7) is 1.89. The number of carbonyl (C=O) groups excluding carboxylic acids is 1. The van der Waals surface area contributed by atoms with Gasteiger partial charge in [-0.3, -0.25) is 14.3 Å². The number of amides is 1. The molecule has 3 aromatic rings. The number of anilines is 1. The summed E-state index contributed by atoms with van der Waals surface area (Å²) in [6, 6.07) is 12.3. The average Bonchev–Trinajstić information content (AvgIpc) is 2.53. The van der Waals surface area contributed by atoms with Gasteiger partial charge < -0.3 is 5.32 Å². The number of aryl methyl sites for hydroxylation is 1. The Labute approximate surface area is 137 Å². The molecule has 1 amide bonds. The standard InChI is InChI=1S/C17H14ClN3O2/c1-11-8-12(18)6-7-14(11)20-17(23)10-21-15-5-3-2-4-13(15)16(22)9-19-21/h2-9H,10H2,1H3,(H,20,23). The van der Waals surface area contributed by atoms with E-state index in [-0.39, 0.29) is 17.9 Å². The summed E-state index contributed by atoms with van der Waals surface area (Å²) in [5.41, 5.74) is 2.04. The van der Waals surface area contributed by atoms with E-state index in [0.717, 1.165) is 5.56 Å². The fourth-order valence-corrected chi connectivity index (χ4v) is 2.61. The zero-order valence-corrected chi connectivity index (χ0v) is 13.2. The highest BCUT2D eigenvalue weighted by Gasteiger charge is 2.09. The van der Waals surface area contributed by atoms with Gasteiger partial charge in [0.2, 0.25) is 11.3 Å². The second kappa shape index (κ2) is 6.22. The predicted molar refractivity (Wildman–Crippen MR) is 90.8 cm³/mol. The summed E-state index contributed by atoms with van der Waals surface area (Å²) in [4.78, 5) is 24.1. The number of aromatic nitrogens is 2. The van der Waals surface area contributed by atoms with E-state index in [1.54, 1.807) is 42.5 Å². The normalized spacial score (nSPS) is 10.7. The second-order valence-corrected chi connectivity index (χ2v) is 5.63. The topological polar surface area (TPSA) is 64.0 Å². The second-order valence-electron chi connectivity index (χ2n) is 5.19. The van der Waals surface area contributed by atoms with E-state index in [0.29, 0.717) is 21.6 Å². The number of hydrogen-bond acceptors (Lipinski definition) is 3. The zero-order valence-electron chi connectivity index (χ0n) is 12.4. The van der Waals surface area contributed by atoms with E-state index in [4.69, 9.17) is 11.6 Å². The van der Waals surface area contributed by atoms with Crippen LogP contribution >= 0.6 is 11.6 Å². The molecule has 0 spiro atoms. The zero-order chi connectivity index (χ0) is 16.4. The third kappa shape index (κ3) is 3.24. The summed E-state index contributed by atoms with van der Waals surface area (Å²) in [6.07, 6.45) is 1.23. The summed E-state index contributed by atoms with van der Waals surface area (Å²) < 4.78 is 1.51. The molecule has 6 heteroatoms. The Bertz CT molecular complexity index is 950. The molecule has 0 saturated carbocycles. The van der Waals surface area contributed by atoms with Gasteiger partial charge in [-0.1, -0.05) is 23.7 Å². The lowest BCUT2D eigenvalue weighted by atomic mass is 10.2. The average molecular weight is 328 g/mol. The van der Waals surface area contributed by atoms with Crippen LogP contribution in [0.3, 0.4) is 0 Å². The predicted octanol–water partition coefficient (Wildman–Crippen LogP) is 3.00. The number of carbonyl (C=O) groups is 1. The van der Waals surface area contributed by atoms with Gasteiger partial charge in [-0.2, -0.15) is 5.10 Å². The first-order chi connectivity index (χ1) is 11.0. The molecule has 1 N–H and O–H groups in total. The molecule has 0 unspecified atom stereocenters. The van der Waals surface area contributed by atoms with E-state index in [2.05, 4.69) is 10.4 Å². The number of rotatable bonds is 3. The molecular weight excluding hydrogens is 314 g/mol. The Morgan fingerprint density at radius 1 is 1.26 bits per heavy atom. The molecule has 5 nitrogen and oxygen atoms in total. The van der Waals surface area contributed by atoms with Gasteiger partial charge in [0.15, 0.2) is 0 Å². The van der Waals surface area contributed by atoms with Crippen molar-refractivity contribution in [3.63, 3.8) is 0 Å². The van der Waals surface area contributed by atoms with E-state index in [9.17, 15) is 9.59 Å². The summed E-state index contributed by atoms with van der Waals surface area (Å²) >= 11 is 5.91. The Hall–Kier alpha value is -2.66. The van der Waals surface area contributed by atoms with Crippen LogP contribution in [0, 0.1) is 6.92 Å². The van der Waals surface area contributed by atoms with Crippen LogP contribution in [0.25, 0.3) is 10.9 Å². The van der Waals surface area contributed by atoms with Crippen LogP contribution in [0.5, 0.6) is 0 Å². The summed E-state index contributed by atoms with van der Waals surface area (Å²) in [5, 5.41) is 8.03. The number of fused-ring (bicyclic) bond motifs is 1. The van der Waals surface area contributed by atoms with Crippen LogP contribution in [-0.2, 0) is 11.3 Å². The Morgan fingerprint density at radius 2 is 2.04 bits per heavy atom. The quantitative estimate of drug-likeness (QED) is 0.804. The molecule has 0 aliphatic rings. The highest BCUT2D eigenvalue weighted by molar-refractivity contribution is 6.30. The van der Waals surface area contributed by atoms with Crippen LogP contribution in [0.15, 0.2) is 53.5 Å². The smallest absolute Gasteiger partial charge is 0.246 e. The molecule has 0 aliphatic carbocycles. The SMILES string of the molecule is Cc1cc(Cl)ccc1NC(=O)Cn1ncc(=O)c2ccccc21. The van der Waals surface area contributed by atoms with Gasteiger partial charge in [-0.15, -0.1) is 0 Å². The molecular formula is C17H14ClN3O2. The van der Waals surface area contributed by atoms with Crippen molar-refractivity contribution in [3.05, 3.63) is 69.5 Å². The maximum Gasteiger partial charge on any atom is 0.246 e. The number of halogens is 1. The number of nitrogens with one attached hydrogen (secondary N) is 1. The van der Waals surface area contributed by atoms with Crippen molar-refractivity contribution in [2.75, 3.05) is 5.32 Å². The van der Waals surface area contributed by atoms with Crippen LogP contribution in [0.4, 0.5) is 5.69 Å². The van der Waals surface area contributed by atoms with Crippen molar-refractivity contribution in [2.24, 2.45) is 0 Å². The minimum Gasteiger partial charge on any atom is -0.324 e. The molecule has 0 bridgehead atoms. The third-order valence-corrected chi connectivity index (χ3v) is 3.75. The maximum absolute atomic E-state index is 12.3. The van der Waals surface area contributed by atoms with Crippen LogP contribution < -0.4 is 10.7 Å². The number of nitrogens with zero attached hydrogens (tertiary/aromatic N) is 2. The van der Waals surface area contributed by atoms with Crippen molar-refractivity contribution < 1.29 is 4.79 Å². The monoisotopic (exact) mass is 327 g/mol. The summed E-state index contributed by atoms with van der Waals surface area (Å²) in [7, 11) is 0. The van der Waals surface area contributed by atoms with Gasteiger partial charge in [-0.05, 0) is 42.8 Å². The van der Waals surface area contributed by atoms with Crippen LogP contribution in [-0.4, -0.2) is 15.7 Å². The van der Waals surface area contributed by atoms with Crippen molar-refractivity contribution in [2.45, 2.75) is 13.5 Å². The summed E-state index contributed by atoms with van der Waals surface area (Å²) in [5.74, 6) is -0.225. The lowest BCUT2D eigenvalue weighted by Gasteiger charge is -2.11. The van der Waals surface area contributed by atoms with Gasteiger partial charge in [0.25, 0.3) is 0 Å². The van der Waals surface area contributed by atoms with E-state index in [1.807, 2.05) is 6.92 Å². The molecule has 3 rings (SSSR count). The van der Waals surface area contributed by atoms with Gasteiger partial charge in [0.05, 0.1) is 11.7 Å². The first-order valence-corrected chi connectivity index (χ1v) is 7.43. The van der Waals surface area contributed by atoms with E-state index >= 15 is 0 Å². The van der Waals surface area contributed by atoms with Crippen molar-refractivity contribution in [1.82, 2.24) is 9.78 Å². The Balaban J connectivity index is 1.86. The van der Waals surface area contributed by atoms with Gasteiger partial charge in [-0.25, -0.2) is 0 Å². The fourth-order valence-electron chi connectivity index (χ4n) is 2.38. The van der Waals surface area contributed by atoms with E-state index in [1.165, 1.54) is 10.9 Å². The molecule has 1 heterocycles. The fraction of sp³-hybridized carbons (Fsp3) is 0.118. The first-order valence-electron chi connectivity index (χ1n) is 7.05.